The lowest BCUT2D eigenvalue weighted by molar-refractivity contribution is -0.159. The molecule has 0 fully saturated rings. The molecule has 1 aromatic rings. The van der Waals surface area contributed by atoms with E-state index >= 15 is 0 Å². The Balaban J connectivity index is 2.24. The van der Waals surface area contributed by atoms with Gasteiger partial charge >= 0.3 is 11.9 Å². The summed E-state index contributed by atoms with van der Waals surface area (Å²) in [6.07, 6.45) is -1.06. The number of fused-ring (bicyclic) bond motifs is 1. The average molecular weight is 363 g/mol. The van der Waals surface area contributed by atoms with Gasteiger partial charge in [-0.15, -0.1) is 0 Å². The zero-order valence-electron chi connectivity index (χ0n) is 15.7. The second-order valence-electron chi connectivity index (χ2n) is 7.20. The van der Waals surface area contributed by atoms with Gasteiger partial charge in [-0.2, -0.15) is 0 Å². The second-order valence-corrected chi connectivity index (χ2v) is 7.20. The Morgan fingerprint density at radius 1 is 1.31 bits per heavy atom. The number of nitrogens with two attached hydrogens (primary N) is 1. The fourth-order valence-corrected chi connectivity index (χ4v) is 2.37. The van der Waals surface area contributed by atoms with Crippen LogP contribution in [0.15, 0.2) is 17.1 Å². The van der Waals surface area contributed by atoms with E-state index in [9.17, 15) is 14.7 Å². The Morgan fingerprint density at radius 2 is 1.96 bits per heavy atom. The monoisotopic (exact) mass is 363 g/mol. The summed E-state index contributed by atoms with van der Waals surface area (Å²) in [5, 5.41) is 10.7. The Morgan fingerprint density at radius 3 is 2.54 bits per heavy atom. The van der Waals surface area contributed by atoms with Crippen molar-refractivity contribution in [3.63, 3.8) is 0 Å². The van der Waals surface area contributed by atoms with Gasteiger partial charge < -0.3 is 20.3 Å². The maximum atomic E-state index is 12.0. The van der Waals surface area contributed by atoms with E-state index in [2.05, 4.69) is 4.99 Å². The lowest BCUT2D eigenvalue weighted by Crippen LogP contribution is -2.39. The molecule has 0 radical (unpaired) electrons. The molecular weight excluding hydrogens is 338 g/mol. The molecule has 8 nitrogen and oxygen atoms in total. The number of benzene rings is 1. The lowest BCUT2D eigenvalue weighted by atomic mass is 9.97. The molecule has 0 saturated carbocycles. The summed E-state index contributed by atoms with van der Waals surface area (Å²) < 4.78 is 10.3. The van der Waals surface area contributed by atoms with Gasteiger partial charge in [0.2, 0.25) is 0 Å². The van der Waals surface area contributed by atoms with Gasteiger partial charge in [0.05, 0.1) is 11.1 Å². The molecule has 3 N–H and O–H groups in total. The van der Waals surface area contributed by atoms with Crippen LogP contribution in [0.5, 0.6) is 0 Å². The molecule has 0 bridgehead atoms. The number of ether oxygens (including phenoxy) is 2. The Labute approximate surface area is 152 Å². The maximum absolute atomic E-state index is 12.0. The van der Waals surface area contributed by atoms with Crippen LogP contribution in [-0.2, 0) is 25.7 Å². The zero-order chi connectivity index (χ0) is 19.6. The molecule has 142 valence electrons. The van der Waals surface area contributed by atoms with Crippen molar-refractivity contribution in [3.8, 4) is 0 Å². The number of nitrogen functional groups attached to an aromatic ring is 1. The van der Waals surface area contributed by atoms with Gasteiger partial charge in [0.25, 0.3) is 0 Å². The highest BCUT2D eigenvalue weighted by Crippen LogP contribution is 2.36. The fraction of sp³-hybridized carbons (Fsp3) is 0.500. The van der Waals surface area contributed by atoms with Gasteiger partial charge in [-0.05, 0) is 39.8 Å². The molecule has 0 saturated heterocycles. The summed E-state index contributed by atoms with van der Waals surface area (Å²) >= 11 is 0. The van der Waals surface area contributed by atoms with Crippen molar-refractivity contribution in [1.82, 2.24) is 4.90 Å². The maximum Gasteiger partial charge on any atom is 0.312 e. The van der Waals surface area contributed by atoms with Gasteiger partial charge in [-0.3, -0.25) is 14.5 Å². The number of esters is 2. The van der Waals surface area contributed by atoms with Crippen molar-refractivity contribution < 1.29 is 24.2 Å². The molecule has 0 amide bonds. The van der Waals surface area contributed by atoms with Gasteiger partial charge in [-0.1, -0.05) is 0 Å². The van der Waals surface area contributed by atoms with Gasteiger partial charge in [0, 0.05) is 23.7 Å². The number of carbonyl (C=O) groups excluding carboxylic acids is 2. The van der Waals surface area contributed by atoms with E-state index in [-0.39, 0.29) is 19.3 Å². The van der Waals surface area contributed by atoms with E-state index in [0.29, 0.717) is 28.3 Å². The summed E-state index contributed by atoms with van der Waals surface area (Å²) in [6.45, 7) is 8.15. The molecule has 0 aliphatic carbocycles. The minimum atomic E-state index is -1.06. The number of rotatable bonds is 4. The van der Waals surface area contributed by atoms with Crippen molar-refractivity contribution in [3.05, 3.63) is 23.3 Å². The largest absolute Gasteiger partial charge is 0.461 e. The van der Waals surface area contributed by atoms with Crippen molar-refractivity contribution in [2.45, 2.75) is 47.5 Å². The van der Waals surface area contributed by atoms with Gasteiger partial charge in [-0.25, -0.2) is 4.99 Å². The van der Waals surface area contributed by atoms with E-state index in [1.54, 1.807) is 39.8 Å². The lowest BCUT2D eigenvalue weighted by Gasteiger charge is -2.34. The van der Waals surface area contributed by atoms with Crippen molar-refractivity contribution in [1.29, 1.82) is 0 Å². The molecule has 1 aromatic carbocycles. The second kappa shape index (κ2) is 7.33. The third-order valence-corrected chi connectivity index (χ3v) is 3.94. The van der Waals surface area contributed by atoms with Crippen LogP contribution in [0.3, 0.4) is 0 Å². The minimum absolute atomic E-state index is 0.00285. The van der Waals surface area contributed by atoms with Crippen LogP contribution in [-0.4, -0.2) is 34.5 Å². The topological polar surface area (TPSA) is 114 Å². The van der Waals surface area contributed by atoms with E-state index in [1.165, 1.54) is 11.8 Å². The first-order valence-electron chi connectivity index (χ1n) is 8.23. The van der Waals surface area contributed by atoms with Crippen LogP contribution in [0, 0.1) is 5.41 Å². The molecule has 1 unspecified atom stereocenters. The normalized spacial score (nSPS) is 16.6. The number of anilines is 1. The van der Waals surface area contributed by atoms with E-state index in [1.807, 2.05) is 0 Å². The number of carbonyl (C=O) groups is 2. The minimum Gasteiger partial charge on any atom is -0.461 e. The SMILES string of the molecule is CC(=O)OCc1cc2c(cc1N)N=C(C)N(COC(=O)C(C)(C)C)C2O. The predicted octanol–water partition coefficient (Wildman–Crippen LogP) is 2.24. The first-order chi connectivity index (χ1) is 12.0. The zero-order valence-corrected chi connectivity index (χ0v) is 15.7. The van der Waals surface area contributed by atoms with Gasteiger partial charge in [0.1, 0.15) is 12.4 Å². The number of amidine groups is 1. The number of aliphatic hydroxyl groups excluding tert-OH is 1. The summed E-state index contributed by atoms with van der Waals surface area (Å²) in [6, 6.07) is 3.27. The first kappa shape index (κ1) is 19.7. The number of hydrogen-bond donors (Lipinski definition) is 2. The number of aliphatic imine (C=N–C) groups is 1. The van der Waals surface area contributed by atoms with Crippen LogP contribution in [0.2, 0.25) is 0 Å². The van der Waals surface area contributed by atoms with Crippen LogP contribution < -0.4 is 5.73 Å². The molecule has 1 aliphatic rings. The fourth-order valence-electron chi connectivity index (χ4n) is 2.37. The van der Waals surface area contributed by atoms with Crippen molar-refractivity contribution >= 4 is 29.1 Å². The van der Waals surface area contributed by atoms with E-state index in [4.69, 9.17) is 15.2 Å². The highest BCUT2D eigenvalue weighted by molar-refractivity contribution is 5.86. The first-order valence-corrected chi connectivity index (χ1v) is 8.23. The quantitative estimate of drug-likeness (QED) is 0.623. The highest BCUT2D eigenvalue weighted by atomic mass is 16.5. The van der Waals surface area contributed by atoms with Crippen LogP contribution in [0.4, 0.5) is 11.4 Å². The third-order valence-electron chi connectivity index (χ3n) is 3.94. The predicted molar refractivity (Wildman–Crippen MR) is 96.3 cm³/mol. The number of nitrogens with zero attached hydrogens (tertiary/aromatic N) is 2. The highest BCUT2D eigenvalue weighted by Gasteiger charge is 2.30. The van der Waals surface area contributed by atoms with Gasteiger partial charge in [0.15, 0.2) is 13.0 Å². The number of hydrogen-bond acceptors (Lipinski definition) is 8. The summed E-state index contributed by atoms with van der Waals surface area (Å²) in [5.74, 6) is -0.303. The molecule has 0 aromatic heterocycles. The third kappa shape index (κ3) is 4.32. The Hall–Kier alpha value is -2.61. The van der Waals surface area contributed by atoms with E-state index < -0.39 is 17.6 Å². The molecule has 1 aliphatic heterocycles. The molecule has 0 spiro atoms. The molecule has 26 heavy (non-hydrogen) atoms. The number of aliphatic hydroxyl groups is 1. The Bertz CT molecular complexity index is 752. The summed E-state index contributed by atoms with van der Waals surface area (Å²) in [7, 11) is 0. The smallest absolute Gasteiger partial charge is 0.312 e. The summed E-state index contributed by atoms with van der Waals surface area (Å²) in [4.78, 5) is 28.9. The van der Waals surface area contributed by atoms with Crippen molar-refractivity contribution in [2.75, 3.05) is 12.5 Å². The molecule has 2 rings (SSSR count). The Kier molecular flexibility index (Phi) is 5.56. The molecular formula is C18H25N3O5. The standard InChI is InChI=1S/C18H25N3O5/c1-10-20-15-7-14(19)12(8-25-11(2)22)6-13(15)16(23)21(10)9-26-17(24)18(3,4)5/h6-7,16,23H,8-9,19H2,1-5H3. The molecule has 8 heteroatoms. The van der Waals surface area contributed by atoms with Crippen molar-refractivity contribution in [2.24, 2.45) is 10.4 Å². The van der Waals surface area contributed by atoms with Crippen LogP contribution in [0.1, 0.15) is 52.0 Å². The molecule has 1 heterocycles. The molecule has 1 atom stereocenters. The van der Waals surface area contributed by atoms with E-state index in [0.717, 1.165) is 0 Å². The summed E-state index contributed by atoms with van der Waals surface area (Å²) in [5.41, 5.74) is 7.35. The van der Waals surface area contributed by atoms with Crippen LogP contribution in [0.25, 0.3) is 0 Å². The average Bonchev–Trinajstić information content (AvgIpc) is 2.51. The van der Waals surface area contributed by atoms with Crippen LogP contribution >= 0.6 is 0 Å².